The molecular formula is C12H14BrNO2. The van der Waals surface area contributed by atoms with Crippen LogP contribution in [-0.4, -0.2) is 20.8 Å². The number of hydrogen-bond acceptors (Lipinski definition) is 3. The van der Waals surface area contributed by atoms with Crippen LogP contribution in [0.3, 0.4) is 0 Å². The van der Waals surface area contributed by atoms with Crippen molar-refractivity contribution in [2.24, 2.45) is 5.73 Å². The van der Waals surface area contributed by atoms with E-state index >= 15 is 0 Å². The molecule has 2 rings (SSSR count). The molecule has 1 aromatic carbocycles. The highest BCUT2D eigenvalue weighted by molar-refractivity contribution is 9.10. The van der Waals surface area contributed by atoms with Crippen molar-refractivity contribution in [3.8, 4) is 11.5 Å². The van der Waals surface area contributed by atoms with E-state index in [1.165, 1.54) is 0 Å². The Hall–Kier alpha value is -1.00. The van der Waals surface area contributed by atoms with E-state index in [9.17, 15) is 0 Å². The Morgan fingerprint density at radius 3 is 2.69 bits per heavy atom. The lowest BCUT2D eigenvalue weighted by Crippen LogP contribution is -2.03. The molecule has 86 valence electrons. The lowest BCUT2D eigenvalue weighted by molar-refractivity contribution is 0.397. The number of fused-ring (bicyclic) bond motifs is 1. The molecule has 0 saturated carbocycles. The Balaban J connectivity index is 2.65. The Bertz CT molecular complexity index is 455. The van der Waals surface area contributed by atoms with Crippen LogP contribution in [0.5, 0.6) is 11.5 Å². The van der Waals surface area contributed by atoms with E-state index < -0.39 is 0 Å². The molecule has 16 heavy (non-hydrogen) atoms. The average molecular weight is 284 g/mol. The van der Waals surface area contributed by atoms with Gasteiger partial charge in [0.1, 0.15) is 11.5 Å². The van der Waals surface area contributed by atoms with Crippen LogP contribution in [-0.2, 0) is 6.42 Å². The number of halogens is 1. The van der Waals surface area contributed by atoms with E-state index in [-0.39, 0.29) is 0 Å². The van der Waals surface area contributed by atoms with Gasteiger partial charge in [0.25, 0.3) is 0 Å². The summed E-state index contributed by atoms with van der Waals surface area (Å²) >= 11 is 3.48. The number of hydrogen-bond donors (Lipinski definition) is 1. The lowest BCUT2D eigenvalue weighted by atomic mass is 10.0. The summed E-state index contributed by atoms with van der Waals surface area (Å²) in [5.74, 6) is 1.72. The summed E-state index contributed by atoms with van der Waals surface area (Å²) in [5.41, 5.74) is 9.08. The summed E-state index contributed by atoms with van der Waals surface area (Å²) in [6.45, 7) is 0.522. The second-order valence-electron chi connectivity index (χ2n) is 3.59. The van der Waals surface area contributed by atoms with Gasteiger partial charge >= 0.3 is 0 Å². The second kappa shape index (κ2) is 4.47. The number of benzene rings is 1. The fraction of sp³-hybridized carbons (Fsp3) is 0.333. The van der Waals surface area contributed by atoms with Crippen LogP contribution in [0.2, 0.25) is 0 Å². The fourth-order valence-corrected chi connectivity index (χ4v) is 2.71. The maximum absolute atomic E-state index is 5.73. The maximum atomic E-state index is 5.73. The number of rotatable bonds is 3. The normalized spacial score (nSPS) is 13.4. The minimum absolute atomic E-state index is 0.522. The van der Waals surface area contributed by atoms with Crippen LogP contribution in [0, 0.1) is 0 Å². The van der Waals surface area contributed by atoms with Crippen LogP contribution in [0.25, 0.3) is 5.57 Å². The molecule has 0 atom stereocenters. The molecule has 0 heterocycles. The first-order valence-corrected chi connectivity index (χ1v) is 5.85. The zero-order valence-corrected chi connectivity index (χ0v) is 10.9. The van der Waals surface area contributed by atoms with Crippen molar-refractivity contribution in [3.05, 3.63) is 27.7 Å². The molecule has 1 aliphatic rings. The molecule has 1 aromatic rings. The molecule has 0 fully saturated rings. The second-order valence-corrected chi connectivity index (χ2v) is 4.44. The highest BCUT2D eigenvalue weighted by atomic mass is 79.9. The summed E-state index contributed by atoms with van der Waals surface area (Å²) in [7, 11) is 3.34. The van der Waals surface area contributed by atoms with E-state index in [4.69, 9.17) is 15.2 Å². The minimum Gasteiger partial charge on any atom is -0.496 e. The SMILES string of the molecule is COc1cc(Br)c(OC)c2c1C(CN)=CC2. The van der Waals surface area contributed by atoms with Gasteiger partial charge in [0, 0.05) is 17.7 Å². The highest BCUT2D eigenvalue weighted by Crippen LogP contribution is 2.44. The third kappa shape index (κ3) is 1.62. The van der Waals surface area contributed by atoms with Crippen molar-refractivity contribution in [1.29, 1.82) is 0 Å². The summed E-state index contributed by atoms with van der Waals surface area (Å²) in [6.07, 6.45) is 2.98. The van der Waals surface area contributed by atoms with Gasteiger partial charge in [-0.15, -0.1) is 0 Å². The van der Waals surface area contributed by atoms with Crippen molar-refractivity contribution in [2.45, 2.75) is 6.42 Å². The minimum atomic E-state index is 0.522. The molecular weight excluding hydrogens is 270 g/mol. The molecule has 0 bridgehead atoms. The average Bonchev–Trinajstić information content (AvgIpc) is 2.71. The molecule has 0 spiro atoms. The van der Waals surface area contributed by atoms with E-state index in [2.05, 4.69) is 22.0 Å². The van der Waals surface area contributed by atoms with E-state index in [0.29, 0.717) is 6.54 Å². The first-order chi connectivity index (χ1) is 7.72. The van der Waals surface area contributed by atoms with Gasteiger partial charge in [-0.2, -0.15) is 0 Å². The molecule has 0 saturated heterocycles. The molecule has 0 aliphatic heterocycles. The molecule has 0 aromatic heterocycles. The first-order valence-electron chi connectivity index (χ1n) is 5.05. The van der Waals surface area contributed by atoms with Gasteiger partial charge in [0.15, 0.2) is 0 Å². The van der Waals surface area contributed by atoms with Gasteiger partial charge in [-0.1, -0.05) is 6.08 Å². The van der Waals surface area contributed by atoms with Gasteiger partial charge in [-0.05, 0) is 34.0 Å². The summed E-state index contributed by atoms with van der Waals surface area (Å²) in [5, 5.41) is 0. The van der Waals surface area contributed by atoms with Crippen LogP contribution in [0.15, 0.2) is 16.6 Å². The van der Waals surface area contributed by atoms with Crippen LogP contribution >= 0.6 is 15.9 Å². The molecule has 0 radical (unpaired) electrons. The van der Waals surface area contributed by atoms with Crippen LogP contribution in [0.4, 0.5) is 0 Å². The van der Waals surface area contributed by atoms with Crippen molar-refractivity contribution in [3.63, 3.8) is 0 Å². The first kappa shape index (κ1) is 11.5. The molecule has 0 amide bonds. The largest absolute Gasteiger partial charge is 0.496 e. The summed E-state index contributed by atoms with van der Waals surface area (Å²) < 4.78 is 11.7. The van der Waals surface area contributed by atoms with E-state index in [1.807, 2.05) is 6.07 Å². The van der Waals surface area contributed by atoms with Gasteiger partial charge in [-0.25, -0.2) is 0 Å². The number of ether oxygens (including phenoxy) is 2. The van der Waals surface area contributed by atoms with E-state index in [1.54, 1.807) is 14.2 Å². The zero-order chi connectivity index (χ0) is 11.7. The van der Waals surface area contributed by atoms with Gasteiger partial charge in [-0.3, -0.25) is 0 Å². The molecule has 3 nitrogen and oxygen atoms in total. The Morgan fingerprint density at radius 2 is 2.12 bits per heavy atom. The van der Waals surface area contributed by atoms with Crippen molar-refractivity contribution < 1.29 is 9.47 Å². The zero-order valence-electron chi connectivity index (χ0n) is 9.34. The Labute approximate surface area is 103 Å². The molecule has 0 unspecified atom stereocenters. The fourth-order valence-electron chi connectivity index (χ4n) is 2.10. The predicted octanol–water partition coefficient (Wildman–Crippen LogP) is 2.36. The summed E-state index contributed by atoms with van der Waals surface area (Å²) in [6, 6.07) is 1.92. The third-order valence-electron chi connectivity index (χ3n) is 2.81. The van der Waals surface area contributed by atoms with Crippen molar-refractivity contribution >= 4 is 21.5 Å². The van der Waals surface area contributed by atoms with Crippen LogP contribution < -0.4 is 15.2 Å². The smallest absolute Gasteiger partial charge is 0.137 e. The Kier molecular flexibility index (Phi) is 3.21. The lowest BCUT2D eigenvalue weighted by Gasteiger charge is -2.15. The number of nitrogens with two attached hydrogens (primary N) is 1. The molecule has 2 N–H and O–H groups in total. The topological polar surface area (TPSA) is 44.5 Å². The standard InChI is InChI=1S/C12H14BrNO2/c1-15-10-5-9(13)12(16-2)8-4-3-7(6-14)11(8)10/h3,5H,4,6,14H2,1-2H3. The number of methoxy groups -OCH3 is 2. The van der Waals surface area contributed by atoms with Crippen LogP contribution in [0.1, 0.15) is 11.1 Å². The Morgan fingerprint density at radius 1 is 1.38 bits per heavy atom. The third-order valence-corrected chi connectivity index (χ3v) is 3.40. The highest BCUT2D eigenvalue weighted by Gasteiger charge is 2.23. The van der Waals surface area contributed by atoms with Crippen molar-refractivity contribution in [2.75, 3.05) is 20.8 Å². The number of allylic oxidation sites excluding steroid dienone is 1. The van der Waals surface area contributed by atoms with Gasteiger partial charge in [0.05, 0.1) is 18.7 Å². The summed E-state index contributed by atoms with van der Waals surface area (Å²) in [4.78, 5) is 0. The monoisotopic (exact) mass is 283 g/mol. The molecule has 1 aliphatic carbocycles. The quantitative estimate of drug-likeness (QED) is 0.926. The molecule has 4 heteroatoms. The predicted molar refractivity (Wildman–Crippen MR) is 68.0 cm³/mol. The van der Waals surface area contributed by atoms with Crippen molar-refractivity contribution in [1.82, 2.24) is 0 Å². The van der Waals surface area contributed by atoms with E-state index in [0.717, 1.165) is 39.1 Å². The maximum Gasteiger partial charge on any atom is 0.137 e. The van der Waals surface area contributed by atoms with Gasteiger partial charge in [0.2, 0.25) is 0 Å². The van der Waals surface area contributed by atoms with Gasteiger partial charge < -0.3 is 15.2 Å².